The lowest BCUT2D eigenvalue weighted by Crippen LogP contribution is -2.27. The maximum Gasteiger partial charge on any atom is 0.242 e. The van der Waals surface area contributed by atoms with Crippen molar-refractivity contribution in [3.05, 3.63) is 17.1 Å². The minimum atomic E-state index is -0.958. The van der Waals surface area contributed by atoms with Crippen LogP contribution in [-0.4, -0.2) is 21.8 Å². The molecular weight excluding hydrogens is 196 g/mol. The summed E-state index contributed by atoms with van der Waals surface area (Å²) in [5.74, 6) is -1.12. The van der Waals surface area contributed by atoms with E-state index in [1.54, 1.807) is 13.8 Å². The van der Waals surface area contributed by atoms with E-state index in [4.69, 9.17) is 5.73 Å². The second-order valence-corrected chi connectivity index (χ2v) is 3.44. The second-order valence-electron chi connectivity index (χ2n) is 3.44. The van der Waals surface area contributed by atoms with Crippen molar-refractivity contribution >= 4 is 17.6 Å². The molecule has 1 unspecified atom stereocenters. The van der Waals surface area contributed by atoms with Gasteiger partial charge in [0.1, 0.15) is 17.6 Å². The topological polar surface area (TPSA) is 98.0 Å². The number of amides is 2. The quantitative estimate of drug-likeness (QED) is 0.611. The van der Waals surface area contributed by atoms with Gasteiger partial charge in [-0.2, -0.15) is 0 Å². The molecule has 0 fully saturated rings. The van der Waals surface area contributed by atoms with Gasteiger partial charge in [-0.1, -0.05) is 0 Å². The predicted octanol–water partition coefficient (Wildman–Crippen LogP) is -0.386. The molecule has 0 bridgehead atoms. The van der Waals surface area contributed by atoms with Crippen LogP contribution in [-0.2, 0) is 9.59 Å². The number of nitrogens with one attached hydrogen (secondary N) is 1. The molecule has 15 heavy (non-hydrogen) atoms. The molecule has 0 aliphatic carbocycles. The zero-order valence-electron chi connectivity index (χ0n) is 8.37. The summed E-state index contributed by atoms with van der Waals surface area (Å²) < 4.78 is 0. The number of nitrogens with two attached hydrogens (primary N) is 1. The molecule has 1 aromatic heterocycles. The lowest BCUT2D eigenvalue weighted by molar-refractivity contribution is -0.126. The second kappa shape index (κ2) is 3.01. The molecule has 2 rings (SSSR count). The number of aryl methyl sites for hydroxylation is 2. The summed E-state index contributed by atoms with van der Waals surface area (Å²) in [5, 5.41) is 2.52. The summed E-state index contributed by atoms with van der Waals surface area (Å²) in [6.07, 6.45) is 0. The Morgan fingerprint density at radius 3 is 2.67 bits per heavy atom. The van der Waals surface area contributed by atoms with Gasteiger partial charge in [0.05, 0.1) is 0 Å². The molecular formula is C9H10N4O2. The van der Waals surface area contributed by atoms with Crippen molar-refractivity contribution in [2.24, 2.45) is 5.73 Å². The van der Waals surface area contributed by atoms with Crippen LogP contribution in [0.4, 0.5) is 5.82 Å². The zero-order chi connectivity index (χ0) is 11.2. The first kappa shape index (κ1) is 9.57. The van der Waals surface area contributed by atoms with Crippen molar-refractivity contribution in [1.82, 2.24) is 9.97 Å². The Bertz CT molecular complexity index is 469. The van der Waals surface area contributed by atoms with Crippen LogP contribution in [0.15, 0.2) is 0 Å². The summed E-state index contributed by atoms with van der Waals surface area (Å²) >= 11 is 0. The van der Waals surface area contributed by atoms with Gasteiger partial charge in [-0.15, -0.1) is 0 Å². The van der Waals surface area contributed by atoms with Gasteiger partial charge >= 0.3 is 0 Å². The van der Waals surface area contributed by atoms with Gasteiger partial charge in [0.25, 0.3) is 0 Å². The summed E-state index contributed by atoms with van der Waals surface area (Å²) in [5.41, 5.74) is 6.26. The highest BCUT2D eigenvalue weighted by Crippen LogP contribution is 2.32. The normalized spacial score (nSPS) is 18.5. The van der Waals surface area contributed by atoms with Crippen LogP contribution in [0.1, 0.15) is 23.0 Å². The van der Waals surface area contributed by atoms with Gasteiger partial charge in [-0.3, -0.25) is 9.59 Å². The first-order valence-electron chi connectivity index (χ1n) is 4.46. The van der Waals surface area contributed by atoms with Gasteiger partial charge in [-0.05, 0) is 13.8 Å². The van der Waals surface area contributed by atoms with E-state index < -0.39 is 17.7 Å². The Hall–Kier alpha value is -1.98. The van der Waals surface area contributed by atoms with E-state index in [0.717, 1.165) is 0 Å². The van der Waals surface area contributed by atoms with Crippen LogP contribution < -0.4 is 11.1 Å². The van der Waals surface area contributed by atoms with Gasteiger partial charge < -0.3 is 11.1 Å². The molecule has 0 saturated carbocycles. The molecule has 1 aliphatic rings. The van der Waals surface area contributed by atoms with Crippen molar-refractivity contribution in [1.29, 1.82) is 0 Å². The first-order chi connectivity index (χ1) is 7.00. The highest BCUT2D eigenvalue weighted by atomic mass is 16.2. The van der Waals surface area contributed by atoms with E-state index in [9.17, 15) is 9.59 Å². The lowest BCUT2D eigenvalue weighted by Gasteiger charge is -2.06. The molecule has 1 aliphatic heterocycles. The Balaban J connectivity index is 2.63. The molecule has 2 amide bonds. The molecule has 0 saturated heterocycles. The van der Waals surface area contributed by atoms with Gasteiger partial charge in [0.2, 0.25) is 11.8 Å². The minimum Gasteiger partial charge on any atom is -0.369 e. The zero-order valence-corrected chi connectivity index (χ0v) is 8.37. The third kappa shape index (κ3) is 1.34. The smallest absolute Gasteiger partial charge is 0.242 e. The predicted molar refractivity (Wildman–Crippen MR) is 52.1 cm³/mol. The van der Waals surface area contributed by atoms with Gasteiger partial charge in [0.15, 0.2) is 0 Å². The molecule has 6 heteroatoms. The van der Waals surface area contributed by atoms with Crippen LogP contribution in [0.5, 0.6) is 0 Å². The average molecular weight is 206 g/mol. The highest BCUT2D eigenvalue weighted by molar-refractivity contribution is 6.15. The van der Waals surface area contributed by atoms with Gasteiger partial charge in [0, 0.05) is 11.3 Å². The monoisotopic (exact) mass is 206 g/mol. The summed E-state index contributed by atoms with van der Waals surface area (Å²) in [6.45, 7) is 3.45. The summed E-state index contributed by atoms with van der Waals surface area (Å²) in [4.78, 5) is 30.7. The summed E-state index contributed by atoms with van der Waals surface area (Å²) in [6, 6.07) is 0. The molecule has 78 valence electrons. The molecule has 0 aromatic carbocycles. The third-order valence-electron chi connectivity index (χ3n) is 2.33. The number of rotatable bonds is 1. The molecule has 0 radical (unpaired) electrons. The number of anilines is 1. The maximum absolute atomic E-state index is 11.5. The first-order valence-corrected chi connectivity index (χ1v) is 4.46. The molecule has 6 nitrogen and oxygen atoms in total. The fraction of sp³-hybridized carbons (Fsp3) is 0.333. The van der Waals surface area contributed by atoms with Crippen molar-refractivity contribution in [2.75, 3.05) is 5.32 Å². The van der Waals surface area contributed by atoms with Crippen molar-refractivity contribution in [3.8, 4) is 0 Å². The van der Waals surface area contributed by atoms with E-state index in [1.165, 1.54) is 0 Å². The van der Waals surface area contributed by atoms with Crippen LogP contribution in [0.3, 0.4) is 0 Å². The number of hydrogen-bond acceptors (Lipinski definition) is 4. The Kier molecular flexibility index (Phi) is 1.92. The van der Waals surface area contributed by atoms with Crippen LogP contribution in [0.25, 0.3) is 0 Å². The fourth-order valence-electron chi connectivity index (χ4n) is 1.75. The summed E-state index contributed by atoms with van der Waals surface area (Å²) in [7, 11) is 0. The van der Waals surface area contributed by atoms with Crippen LogP contribution >= 0.6 is 0 Å². The molecule has 1 atom stereocenters. The van der Waals surface area contributed by atoms with E-state index in [2.05, 4.69) is 15.3 Å². The third-order valence-corrected chi connectivity index (χ3v) is 2.33. The number of fused-ring (bicyclic) bond motifs is 1. The molecule has 3 N–H and O–H groups in total. The highest BCUT2D eigenvalue weighted by Gasteiger charge is 2.38. The van der Waals surface area contributed by atoms with E-state index in [1.807, 2.05) is 0 Å². The van der Waals surface area contributed by atoms with Gasteiger partial charge in [-0.25, -0.2) is 9.97 Å². The van der Waals surface area contributed by atoms with E-state index in [-0.39, 0.29) is 0 Å². The SMILES string of the molecule is Cc1nc(C)c2c(n1)NC(=O)C2C(N)=O. The Morgan fingerprint density at radius 1 is 1.40 bits per heavy atom. The lowest BCUT2D eigenvalue weighted by atomic mass is 10.0. The minimum absolute atomic E-state index is 0.397. The number of carbonyl (C=O) groups is 2. The van der Waals surface area contributed by atoms with Crippen LogP contribution in [0.2, 0.25) is 0 Å². The Labute approximate surface area is 85.9 Å². The Morgan fingerprint density at radius 2 is 2.07 bits per heavy atom. The van der Waals surface area contributed by atoms with Crippen LogP contribution in [0, 0.1) is 13.8 Å². The largest absolute Gasteiger partial charge is 0.369 e. The maximum atomic E-state index is 11.5. The number of primary amides is 1. The number of hydrogen-bond donors (Lipinski definition) is 2. The fourth-order valence-corrected chi connectivity index (χ4v) is 1.75. The number of aromatic nitrogens is 2. The molecule has 2 heterocycles. The molecule has 0 spiro atoms. The van der Waals surface area contributed by atoms with E-state index >= 15 is 0 Å². The van der Waals surface area contributed by atoms with Crippen molar-refractivity contribution < 1.29 is 9.59 Å². The average Bonchev–Trinajstić information content (AvgIpc) is 2.40. The van der Waals surface area contributed by atoms with E-state index in [0.29, 0.717) is 22.9 Å². The van der Waals surface area contributed by atoms with Crippen molar-refractivity contribution in [2.45, 2.75) is 19.8 Å². The molecule has 1 aromatic rings. The number of carbonyl (C=O) groups excluding carboxylic acids is 2. The number of nitrogens with zero attached hydrogens (tertiary/aromatic N) is 2. The van der Waals surface area contributed by atoms with Crippen molar-refractivity contribution in [3.63, 3.8) is 0 Å². The standard InChI is InChI=1S/C9H10N4O2/c1-3-5-6(7(10)14)9(15)13-8(5)12-4(2)11-3/h6H,1-2H3,(H2,10,14)(H,11,12,13,15).